The summed E-state index contributed by atoms with van der Waals surface area (Å²) in [4.78, 5) is 23.5. The Balaban J connectivity index is 0.00000196. The SMILES string of the molecule is CCC1(C(C)C)C(=O)NC(=S)NC1=O.[Na+]. The van der Waals surface area contributed by atoms with Crippen molar-refractivity contribution in [1.82, 2.24) is 10.6 Å². The largest absolute Gasteiger partial charge is 1.00 e. The van der Waals surface area contributed by atoms with Gasteiger partial charge in [-0.3, -0.25) is 9.59 Å². The second-order valence-electron chi connectivity index (χ2n) is 3.72. The number of rotatable bonds is 2. The molecule has 0 aromatic heterocycles. The number of thiocarbonyl (C=S) groups is 1. The van der Waals surface area contributed by atoms with Gasteiger partial charge >= 0.3 is 29.6 Å². The smallest absolute Gasteiger partial charge is 0.302 e. The molecule has 6 heteroatoms. The van der Waals surface area contributed by atoms with E-state index in [2.05, 4.69) is 10.6 Å². The van der Waals surface area contributed by atoms with Crippen LogP contribution in [-0.2, 0) is 9.59 Å². The van der Waals surface area contributed by atoms with Crippen LogP contribution in [0.1, 0.15) is 27.2 Å². The summed E-state index contributed by atoms with van der Waals surface area (Å²) in [7, 11) is 0. The van der Waals surface area contributed by atoms with Crippen LogP contribution in [0, 0.1) is 11.3 Å². The van der Waals surface area contributed by atoms with Crippen molar-refractivity contribution >= 4 is 29.1 Å². The third-order valence-corrected chi connectivity index (χ3v) is 3.01. The molecule has 1 aliphatic heterocycles. The molecule has 1 saturated heterocycles. The Morgan fingerprint density at radius 1 is 1.27 bits per heavy atom. The van der Waals surface area contributed by atoms with E-state index < -0.39 is 5.41 Å². The summed E-state index contributed by atoms with van der Waals surface area (Å²) in [5, 5.41) is 5.09. The molecule has 0 aliphatic carbocycles. The van der Waals surface area contributed by atoms with Crippen LogP contribution in [-0.4, -0.2) is 16.9 Å². The molecule has 4 nitrogen and oxygen atoms in total. The first kappa shape index (κ1) is 15.0. The molecule has 0 aromatic rings. The van der Waals surface area contributed by atoms with E-state index in [1.54, 1.807) is 0 Å². The van der Waals surface area contributed by atoms with Gasteiger partial charge in [0.1, 0.15) is 5.41 Å². The quantitative estimate of drug-likeness (QED) is 0.319. The van der Waals surface area contributed by atoms with Gasteiger partial charge in [-0.15, -0.1) is 0 Å². The van der Waals surface area contributed by atoms with Crippen LogP contribution < -0.4 is 40.2 Å². The zero-order valence-corrected chi connectivity index (χ0v) is 12.3. The fourth-order valence-electron chi connectivity index (χ4n) is 1.82. The molecule has 1 rings (SSSR count). The van der Waals surface area contributed by atoms with Gasteiger partial charge in [0.05, 0.1) is 0 Å². The van der Waals surface area contributed by atoms with Gasteiger partial charge < -0.3 is 10.6 Å². The summed E-state index contributed by atoms with van der Waals surface area (Å²) >= 11 is 4.73. The minimum absolute atomic E-state index is 0. The standard InChI is InChI=1S/C9H14N2O2S.Na/c1-4-9(5(2)3)6(12)10-8(14)11-7(9)13;/h5H,4H2,1-3H3,(H2,10,11,12,13,14);/q;+1. The van der Waals surface area contributed by atoms with Crippen molar-refractivity contribution in [3.8, 4) is 0 Å². The third kappa shape index (κ3) is 2.41. The number of hydrogen-bond donors (Lipinski definition) is 2. The molecule has 0 bridgehead atoms. The van der Waals surface area contributed by atoms with Crippen LogP contribution >= 0.6 is 12.2 Å². The number of carbonyl (C=O) groups excluding carboxylic acids is 2. The van der Waals surface area contributed by atoms with Crippen molar-refractivity contribution < 1.29 is 39.1 Å². The van der Waals surface area contributed by atoms with Crippen LogP contribution in [0.2, 0.25) is 0 Å². The van der Waals surface area contributed by atoms with E-state index in [9.17, 15) is 9.59 Å². The molecule has 2 N–H and O–H groups in total. The molecule has 1 aliphatic rings. The first-order valence-electron chi connectivity index (χ1n) is 4.62. The van der Waals surface area contributed by atoms with Gasteiger partial charge in [0.2, 0.25) is 11.8 Å². The van der Waals surface area contributed by atoms with Crippen LogP contribution in [0.15, 0.2) is 0 Å². The predicted molar refractivity (Wildman–Crippen MR) is 56.4 cm³/mol. The number of hydrogen-bond acceptors (Lipinski definition) is 3. The van der Waals surface area contributed by atoms with Crippen molar-refractivity contribution in [3.63, 3.8) is 0 Å². The molecule has 2 amide bonds. The average molecular weight is 237 g/mol. The number of amides is 2. The Morgan fingerprint density at radius 3 is 1.93 bits per heavy atom. The fraction of sp³-hybridized carbons (Fsp3) is 0.667. The maximum Gasteiger partial charge on any atom is 1.00 e. The molecule has 0 saturated carbocycles. The molecule has 0 radical (unpaired) electrons. The van der Waals surface area contributed by atoms with Gasteiger partial charge in [-0.05, 0) is 24.6 Å². The van der Waals surface area contributed by atoms with Crippen molar-refractivity contribution in [2.24, 2.45) is 11.3 Å². The summed E-state index contributed by atoms with van der Waals surface area (Å²) < 4.78 is 0. The van der Waals surface area contributed by atoms with Crippen LogP contribution in [0.4, 0.5) is 0 Å². The van der Waals surface area contributed by atoms with E-state index in [-0.39, 0.29) is 52.4 Å². The van der Waals surface area contributed by atoms with Crippen LogP contribution in [0.25, 0.3) is 0 Å². The molecule has 0 aromatic carbocycles. The van der Waals surface area contributed by atoms with Crippen molar-refractivity contribution in [1.29, 1.82) is 0 Å². The topological polar surface area (TPSA) is 58.2 Å². The Hall–Kier alpha value is 0.0300. The minimum atomic E-state index is -0.970. The minimum Gasteiger partial charge on any atom is -0.302 e. The summed E-state index contributed by atoms with van der Waals surface area (Å²) in [5.41, 5.74) is -0.970. The van der Waals surface area contributed by atoms with Gasteiger partial charge in [-0.1, -0.05) is 20.8 Å². The maximum atomic E-state index is 11.8. The normalized spacial score (nSPS) is 19.3. The molecule has 1 fully saturated rings. The molecule has 0 spiro atoms. The van der Waals surface area contributed by atoms with E-state index >= 15 is 0 Å². The maximum absolute atomic E-state index is 11.8. The fourth-order valence-corrected chi connectivity index (χ4v) is 2.00. The second kappa shape index (κ2) is 5.39. The van der Waals surface area contributed by atoms with Gasteiger partial charge in [-0.2, -0.15) is 0 Å². The first-order valence-corrected chi connectivity index (χ1v) is 5.02. The van der Waals surface area contributed by atoms with E-state index in [1.165, 1.54) is 0 Å². The van der Waals surface area contributed by atoms with Crippen LogP contribution in [0.3, 0.4) is 0 Å². The van der Waals surface area contributed by atoms with Crippen molar-refractivity contribution in [2.75, 3.05) is 0 Å². The van der Waals surface area contributed by atoms with Crippen molar-refractivity contribution in [2.45, 2.75) is 27.2 Å². The summed E-state index contributed by atoms with van der Waals surface area (Å²) in [5.74, 6) is -0.622. The summed E-state index contributed by atoms with van der Waals surface area (Å²) in [6, 6.07) is 0. The zero-order valence-electron chi connectivity index (χ0n) is 9.51. The van der Waals surface area contributed by atoms with Crippen molar-refractivity contribution in [3.05, 3.63) is 0 Å². The molecule has 0 atom stereocenters. The molecule has 1 heterocycles. The van der Waals surface area contributed by atoms with Gasteiger partial charge in [0.25, 0.3) is 0 Å². The second-order valence-corrected chi connectivity index (χ2v) is 4.13. The number of nitrogens with one attached hydrogen (secondary N) is 2. The molecule has 15 heavy (non-hydrogen) atoms. The Labute approximate surface area is 117 Å². The third-order valence-electron chi connectivity index (χ3n) is 2.81. The monoisotopic (exact) mass is 237 g/mol. The molecular weight excluding hydrogens is 223 g/mol. The zero-order chi connectivity index (χ0) is 10.9. The van der Waals surface area contributed by atoms with Gasteiger partial charge in [-0.25, -0.2) is 0 Å². The average Bonchev–Trinajstić information content (AvgIpc) is 2.03. The van der Waals surface area contributed by atoms with E-state index in [1.807, 2.05) is 20.8 Å². The van der Waals surface area contributed by atoms with E-state index in [0.29, 0.717) is 6.42 Å². The van der Waals surface area contributed by atoms with E-state index in [4.69, 9.17) is 12.2 Å². The van der Waals surface area contributed by atoms with Gasteiger partial charge in [0, 0.05) is 0 Å². The first-order chi connectivity index (χ1) is 6.45. The van der Waals surface area contributed by atoms with Gasteiger partial charge in [0.15, 0.2) is 5.11 Å². The molecule has 0 unspecified atom stereocenters. The Kier molecular flexibility index (Phi) is 5.40. The Bertz CT molecular complexity index is 284. The Morgan fingerprint density at radius 2 is 1.67 bits per heavy atom. The number of carbonyl (C=O) groups is 2. The van der Waals surface area contributed by atoms with Crippen LogP contribution in [0.5, 0.6) is 0 Å². The summed E-state index contributed by atoms with van der Waals surface area (Å²) in [6.45, 7) is 5.54. The molecule has 78 valence electrons. The summed E-state index contributed by atoms with van der Waals surface area (Å²) in [6.07, 6.45) is 0.477. The van der Waals surface area contributed by atoms with E-state index in [0.717, 1.165) is 0 Å². The molecular formula is C9H14N2NaO2S+. The predicted octanol–water partition coefficient (Wildman–Crippen LogP) is -2.43.